The van der Waals surface area contributed by atoms with E-state index in [0.717, 1.165) is 0 Å². The molecule has 0 aliphatic carbocycles. The fourth-order valence-electron chi connectivity index (χ4n) is 3.32. The van der Waals surface area contributed by atoms with E-state index < -0.39 is 44.7 Å². The summed E-state index contributed by atoms with van der Waals surface area (Å²) in [5.41, 5.74) is 7.73. The maximum absolute atomic E-state index is 6.89. The van der Waals surface area contributed by atoms with Crippen molar-refractivity contribution in [3.05, 3.63) is 121 Å². The predicted molar refractivity (Wildman–Crippen MR) is 138 cm³/mol. The zero-order valence-corrected chi connectivity index (χ0v) is 24.4. The minimum atomic E-state index is -2.05. The molecule has 0 unspecified atom stereocenters. The van der Waals surface area contributed by atoms with Gasteiger partial charge in [0.25, 0.3) is 0 Å². The average Bonchev–Trinajstić information content (AvgIpc) is 2.89. The van der Waals surface area contributed by atoms with E-state index in [1.165, 1.54) is 21.2 Å². The van der Waals surface area contributed by atoms with E-state index in [1.54, 1.807) is 0 Å². The van der Waals surface area contributed by atoms with Crippen LogP contribution in [0.4, 0.5) is 0 Å². The summed E-state index contributed by atoms with van der Waals surface area (Å²) in [6.45, 7) is 0. The van der Waals surface area contributed by atoms with Crippen molar-refractivity contribution in [2.75, 3.05) is 0 Å². The summed E-state index contributed by atoms with van der Waals surface area (Å²) in [6, 6.07) is 42.4. The molecule has 0 spiro atoms. The number of hydrogen-bond acceptors (Lipinski definition) is 0. The van der Waals surface area contributed by atoms with Crippen LogP contribution in [0, 0.1) is 11.3 Å². The van der Waals surface area contributed by atoms with E-state index >= 15 is 0 Å². The summed E-state index contributed by atoms with van der Waals surface area (Å²) in [5.74, 6) is 0. The van der Waals surface area contributed by atoms with Crippen LogP contribution in [0.1, 0.15) is 0 Å². The minimum absolute atomic E-state index is 0.571. The van der Waals surface area contributed by atoms with Gasteiger partial charge < -0.3 is 0 Å². The molecular weight excluding hydrogens is 839 g/mol. The Hall–Kier alpha value is -0.639. The van der Waals surface area contributed by atoms with Crippen LogP contribution in [-0.4, -0.2) is 0 Å². The number of rotatable bonds is 4. The molecule has 0 nitrogen and oxygen atoms in total. The molecule has 0 heterocycles. The first-order chi connectivity index (χ1) is 15.7. The van der Waals surface area contributed by atoms with Gasteiger partial charge in [0.15, 0.2) is 0 Å². The van der Waals surface area contributed by atoms with Crippen molar-refractivity contribution >= 4 is 49.0 Å². The van der Waals surface area contributed by atoms with Gasteiger partial charge in [0.05, 0.1) is 0 Å². The zero-order chi connectivity index (χ0) is 22.3. The van der Waals surface area contributed by atoms with Gasteiger partial charge in [-0.15, -0.1) is 0 Å². The number of hydrogen-bond donors (Lipinski definition) is 0. The normalized spacial score (nSPS) is 11.7. The molecule has 170 valence electrons. The number of benzene rings is 4. The second-order valence-electron chi connectivity index (χ2n) is 6.74. The van der Waals surface area contributed by atoms with Crippen molar-refractivity contribution in [2.45, 2.75) is 0 Å². The van der Waals surface area contributed by atoms with Crippen LogP contribution in [0.3, 0.4) is 0 Å². The van der Waals surface area contributed by atoms with Crippen LogP contribution in [0.2, 0.25) is 0 Å². The van der Waals surface area contributed by atoms with Gasteiger partial charge >= 0.3 is 217 Å². The monoisotopic (exact) mass is 858 g/mol. The standard InChI is InChI=1S/C26H20P2.2Au.2ClH/c1-5-13-23(14-6-1)27(24-15-7-2-8-16-24)21-22-28(25-17-9-3-10-18-25)26-19-11-4-12-20-26;;;;/h1-20H;;;2*1H/q;2*+1;;/p-2. The second kappa shape index (κ2) is 11.7. The molecule has 0 bridgehead atoms. The zero-order valence-electron chi connectivity index (χ0n) is 16.8. The Balaban J connectivity index is 2.04. The van der Waals surface area contributed by atoms with Crippen LogP contribution < -0.4 is 21.2 Å². The van der Waals surface area contributed by atoms with Crippen molar-refractivity contribution in [3.63, 3.8) is 0 Å². The Morgan fingerprint density at radius 3 is 0.812 bits per heavy atom. The van der Waals surface area contributed by atoms with E-state index in [0.29, 0.717) is 0 Å². The molecule has 0 atom stereocenters. The first-order valence-electron chi connectivity index (χ1n) is 9.73. The summed E-state index contributed by atoms with van der Waals surface area (Å²) < 4.78 is -4.09. The van der Waals surface area contributed by atoms with Crippen molar-refractivity contribution in [1.82, 2.24) is 0 Å². The molecule has 4 aromatic carbocycles. The van der Waals surface area contributed by atoms with Crippen LogP contribution in [0.15, 0.2) is 121 Å². The molecule has 0 saturated carbocycles. The molecule has 4 aromatic rings. The first-order valence-corrected chi connectivity index (χ1v) is 24.1. The SMILES string of the molecule is [Cl][Au]=[P](C#C[P](=[Au][Cl])(c1ccccc1)c1ccccc1)(c1ccccc1)c1ccccc1. The molecule has 0 aromatic heterocycles. The van der Waals surface area contributed by atoms with Gasteiger partial charge in [-0.05, 0) is 0 Å². The quantitative estimate of drug-likeness (QED) is 0.124. The molecule has 0 radical (unpaired) electrons. The maximum atomic E-state index is 6.89. The third-order valence-electron chi connectivity index (χ3n) is 4.86. The Bertz CT molecular complexity index is 1150. The Morgan fingerprint density at radius 2 is 0.625 bits per heavy atom. The molecule has 0 aliphatic heterocycles. The third-order valence-corrected chi connectivity index (χ3v) is 29.0. The Morgan fingerprint density at radius 1 is 0.406 bits per heavy atom. The van der Waals surface area contributed by atoms with Gasteiger partial charge in [0.2, 0.25) is 0 Å². The van der Waals surface area contributed by atoms with Gasteiger partial charge in [-0.3, -0.25) is 0 Å². The van der Waals surface area contributed by atoms with Crippen LogP contribution in [0.5, 0.6) is 0 Å². The molecule has 0 N–H and O–H groups in total. The summed E-state index contributed by atoms with van der Waals surface area (Å²) in [4.78, 5) is 0. The molecule has 4 rings (SSSR count). The van der Waals surface area contributed by atoms with E-state index in [-0.39, 0.29) is 0 Å². The molecule has 0 amide bonds. The Labute approximate surface area is 215 Å². The van der Waals surface area contributed by atoms with E-state index in [1.807, 2.05) is 0 Å². The van der Waals surface area contributed by atoms with Crippen molar-refractivity contribution in [1.29, 1.82) is 0 Å². The average molecular weight is 859 g/mol. The number of halogens is 2. The first kappa shape index (κ1) is 24.5. The van der Waals surface area contributed by atoms with Gasteiger partial charge in [-0.2, -0.15) is 0 Å². The molecule has 0 fully saturated rings. The van der Waals surface area contributed by atoms with Crippen LogP contribution >= 0.6 is 27.8 Å². The third kappa shape index (κ3) is 5.05. The molecular formula is C26H20Au2Cl2P2. The second-order valence-corrected chi connectivity index (χ2v) is 27.5. The van der Waals surface area contributed by atoms with E-state index in [4.69, 9.17) is 18.4 Å². The van der Waals surface area contributed by atoms with Crippen molar-refractivity contribution < 1.29 is 35.3 Å². The van der Waals surface area contributed by atoms with Gasteiger partial charge in [-0.25, -0.2) is 0 Å². The molecule has 0 saturated heterocycles. The van der Waals surface area contributed by atoms with Gasteiger partial charge in [0.1, 0.15) is 0 Å². The molecule has 0 aliphatic rings. The topological polar surface area (TPSA) is 0 Å². The summed E-state index contributed by atoms with van der Waals surface area (Å²) in [5, 5.41) is 5.00. The van der Waals surface area contributed by atoms with E-state index in [9.17, 15) is 0 Å². The van der Waals surface area contributed by atoms with Crippen LogP contribution in [-0.2, 0) is 35.3 Å². The predicted octanol–water partition coefficient (Wildman–Crippen LogP) is 6.54. The fourth-order valence-corrected chi connectivity index (χ4v) is 23.9. The summed E-state index contributed by atoms with van der Waals surface area (Å²) in [6.07, 6.45) is 0. The van der Waals surface area contributed by atoms with Crippen molar-refractivity contribution in [2.24, 2.45) is 0 Å². The van der Waals surface area contributed by atoms with E-state index in [2.05, 4.69) is 133 Å². The summed E-state index contributed by atoms with van der Waals surface area (Å²) >= 11 is -1.14. The fraction of sp³-hybridized carbons (Fsp3) is 0. The Kier molecular flexibility index (Phi) is 8.93. The molecule has 6 heteroatoms. The molecule has 32 heavy (non-hydrogen) atoms. The summed E-state index contributed by atoms with van der Waals surface area (Å²) in [7, 11) is 13.8. The van der Waals surface area contributed by atoms with Crippen LogP contribution in [0.25, 0.3) is 0 Å². The van der Waals surface area contributed by atoms with Gasteiger partial charge in [-0.1, -0.05) is 0 Å². The van der Waals surface area contributed by atoms with Gasteiger partial charge in [0, 0.05) is 0 Å². The van der Waals surface area contributed by atoms with Crippen molar-refractivity contribution in [3.8, 4) is 11.3 Å².